The average molecular weight is 392 g/mol. The lowest BCUT2D eigenvalue weighted by atomic mass is 10.2. The van der Waals surface area contributed by atoms with Gasteiger partial charge in [0.25, 0.3) is 5.91 Å². The summed E-state index contributed by atoms with van der Waals surface area (Å²) in [5.74, 6) is 0.0886. The molecular weight excluding hydrogens is 372 g/mol. The van der Waals surface area contributed by atoms with Gasteiger partial charge >= 0.3 is 0 Å². The second kappa shape index (κ2) is 8.02. The van der Waals surface area contributed by atoms with Gasteiger partial charge in [0.15, 0.2) is 0 Å². The van der Waals surface area contributed by atoms with Crippen molar-refractivity contribution in [1.82, 2.24) is 9.80 Å². The van der Waals surface area contributed by atoms with E-state index in [4.69, 9.17) is 0 Å². The molecule has 0 radical (unpaired) electrons. The topological polar surface area (TPSA) is 23.6 Å². The number of carbonyl (C=O) groups excluding carboxylic acids is 1. The van der Waals surface area contributed by atoms with E-state index in [2.05, 4.69) is 43.7 Å². The summed E-state index contributed by atoms with van der Waals surface area (Å²) >= 11 is 6.85. The van der Waals surface area contributed by atoms with E-state index in [1.165, 1.54) is 0 Å². The molecule has 1 rings (SSSR count). The Kier molecular flexibility index (Phi) is 7.04. The van der Waals surface area contributed by atoms with Crippen LogP contribution >= 0.6 is 31.9 Å². The molecule has 0 N–H and O–H groups in total. The van der Waals surface area contributed by atoms with Crippen LogP contribution in [-0.2, 0) is 0 Å². The maximum absolute atomic E-state index is 12.5. The first-order valence-corrected chi connectivity index (χ1v) is 7.92. The molecule has 0 aromatic heterocycles. The predicted molar refractivity (Wildman–Crippen MR) is 86.6 cm³/mol. The molecule has 0 saturated carbocycles. The van der Waals surface area contributed by atoms with Crippen LogP contribution in [0.15, 0.2) is 27.1 Å². The molecule has 1 aromatic carbocycles. The van der Waals surface area contributed by atoms with Gasteiger partial charge in [0.05, 0.1) is 0 Å². The molecule has 0 fully saturated rings. The summed E-state index contributed by atoms with van der Waals surface area (Å²) in [6.07, 6.45) is 0.967. The van der Waals surface area contributed by atoms with Crippen molar-refractivity contribution in [2.45, 2.75) is 13.3 Å². The Hall–Kier alpha value is -0.390. The van der Waals surface area contributed by atoms with E-state index < -0.39 is 0 Å². The number of carbonyl (C=O) groups is 1. The minimum Gasteiger partial charge on any atom is -0.337 e. The Morgan fingerprint density at radius 2 is 1.63 bits per heavy atom. The quantitative estimate of drug-likeness (QED) is 0.739. The molecule has 0 saturated heterocycles. The third kappa shape index (κ3) is 5.63. The lowest BCUT2D eigenvalue weighted by molar-refractivity contribution is 0.0745. The number of hydrogen-bond donors (Lipinski definition) is 0. The molecule has 0 aliphatic rings. The highest BCUT2D eigenvalue weighted by atomic mass is 79.9. The Morgan fingerprint density at radius 1 is 1.05 bits per heavy atom. The molecule has 0 bridgehead atoms. The summed E-state index contributed by atoms with van der Waals surface area (Å²) < 4.78 is 1.82. The molecular formula is C14H20Br2N2O. The Labute approximate surface area is 132 Å². The first-order valence-electron chi connectivity index (χ1n) is 6.34. The van der Waals surface area contributed by atoms with Gasteiger partial charge in [-0.2, -0.15) is 0 Å². The Balaban J connectivity index is 2.85. The number of benzene rings is 1. The van der Waals surface area contributed by atoms with E-state index in [1.807, 2.05) is 37.2 Å². The Morgan fingerprint density at radius 3 is 2.11 bits per heavy atom. The van der Waals surface area contributed by atoms with Crippen molar-refractivity contribution in [2.24, 2.45) is 0 Å². The molecule has 0 unspecified atom stereocenters. The lowest BCUT2D eigenvalue weighted by Crippen LogP contribution is -2.37. The second-order valence-corrected chi connectivity index (χ2v) is 6.58. The number of likely N-dealkylation sites (N-methyl/N-ethyl adjacent to an activating group) is 1. The molecule has 1 amide bonds. The SMILES string of the molecule is CCCN(CCN(C)C)C(=O)c1cc(Br)cc(Br)c1. The van der Waals surface area contributed by atoms with Crippen LogP contribution < -0.4 is 0 Å². The molecule has 0 aliphatic carbocycles. The highest BCUT2D eigenvalue weighted by molar-refractivity contribution is 9.11. The smallest absolute Gasteiger partial charge is 0.253 e. The van der Waals surface area contributed by atoms with Gasteiger partial charge < -0.3 is 9.80 Å². The van der Waals surface area contributed by atoms with E-state index in [0.29, 0.717) is 5.56 Å². The number of nitrogens with zero attached hydrogens (tertiary/aromatic N) is 2. The van der Waals surface area contributed by atoms with E-state index in [9.17, 15) is 4.79 Å². The van der Waals surface area contributed by atoms with Crippen molar-refractivity contribution < 1.29 is 4.79 Å². The molecule has 0 atom stereocenters. The fourth-order valence-corrected chi connectivity index (χ4v) is 3.06. The molecule has 0 spiro atoms. The fourth-order valence-electron chi connectivity index (χ4n) is 1.77. The van der Waals surface area contributed by atoms with Gasteiger partial charge in [-0.15, -0.1) is 0 Å². The minimum absolute atomic E-state index is 0.0886. The van der Waals surface area contributed by atoms with Crippen LogP contribution in [0.25, 0.3) is 0 Å². The summed E-state index contributed by atoms with van der Waals surface area (Å²) in [5, 5.41) is 0. The normalized spacial score (nSPS) is 10.8. The van der Waals surface area contributed by atoms with Crippen LogP contribution in [0.2, 0.25) is 0 Å². The largest absolute Gasteiger partial charge is 0.337 e. The van der Waals surface area contributed by atoms with Gasteiger partial charge in [-0.05, 0) is 38.7 Å². The van der Waals surface area contributed by atoms with Crippen LogP contribution in [0.1, 0.15) is 23.7 Å². The molecule has 106 valence electrons. The van der Waals surface area contributed by atoms with Crippen LogP contribution in [-0.4, -0.2) is 49.4 Å². The van der Waals surface area contributed by atoms with Crippen LogP contribution in [0, 0.1) is 0 Å². The summed E-state index contributed by atoms with van der Waals surface area (Å²) in [7, 11) is 4.04. The molecule has 3 nitrogen and oxygen atoms in total. The van der Waals surface area contributed by atoms with Gasteiger partial charge in [0.2, 0.25) is 0 Å². The fraction of sp³-hybridized carbons (Fsp3) is 0.500. The van der Waals surface area contributed by atoms with Crippen LogP contribution in [0.4, 0.5) is 0 Å². The molecule has 19 heavy (non-hydrogen) atoms. The number of hydrogen-bond acceptors (Lipinski definition) is 2. The zero-order valence-electron chi connectivity index (χ0n) is 11.6. The van der Waals surface area contributed by atoms with Gasteiger partial charge in [-0.1, -0.05) is 38.8 Å². The molecule has 5 heteroatoms. The summed E-state index contributed by atoms with van der Waals surface area (Å²) in [6.45, 7) is 4.51. The predicted octanol–water partition coefficient (Wildman–Crippen LogP) is 3.63. The van der Waals surface area contributed by atoms with Gasteiger partial charge in [0, 0.05) is 34.1 Å². The number of halogens is 2. The molecule has 1 aromatic rings. The number of rotatable bonds is 6. The third-order valence-electron chi connectivity index (χ3n) is 2.71. The van der Waals surface area contributed by atoms with E-state index in [1.54, 1.807) is 0 Å². The van der Waals surface area contributed by atoms with Crippen molar-refractivity contribution >= 4 is 37.8 Å². The average Bonchev–Trinajstić information content (AvgIpc) is 2.32. The van der Waals surface area contributed by atoms with Crippen molar-refractivity contribution in [3.63, 3.8) is 0 Å². The van der Waals surface area contributed by atoms with E-state index in [0.717, 1.165) is 35.0 Å². The first-order chi connectivity index (χ1) is 8.93. The van der Waals surface area contributed by atoms with Crippen LogP contribution in [0.5, 0.6) is 0 Å². The van der Waals surface area contributed by atoms with Crippen molar-refractivity contribution in [3.8, 4) is 0 Å². The first kappa shape index (κ1) is 16.7. The lowest BCUT2D eigenvalue weighted by Gasteiger charge is -2.24. The highest BCUT2D eigenvalue weighted by Crippen LogP contribution is 2.21. The summed E-state index contributed by atoms with van der Waals surface area (Å²) in [6, 6.07) is 5.66. The zero-order valence-corrected chi connectivity index (χ0v) is 14.8. The highest BCUT2D eigenvalue weighted by Gasteiger charge is 2.16. The standard InChI is InChI=1S/C14H20Br2N2O/c1-4-5-18(7-6-17(2)3)14(19)11-8-12(15)10-13(16)9-11/h8-10H,4-7H2,1-3H3. The maximum Gasteiger partial charge on any atom is 0.253 e. The van der Waals surface area contributed by atoms with Crippen molar-refractivity contribution in [1.29, 1.82) is 0 Å². The van der Waals surface area contributed by atoms with Gasteiger partial charge in [-0.25, -0.2) is 0 Å². The van der Waals surface area contributed by atoms with E-state index >= 15 is 0 Å². The second-order valence-electron chi connectivity index (χ2n) is 4.75. The Bertz CT molecular complexity index is 415. The summed E-state index contributed by atoms with van der Waals surface area (Å²) in [4.78, 5) is 16.5. The van der Waals surface area contributed by atoms with Gasteiger partial charge in [-0.3, -0.25) is 4.79 Å². The zero-order chi connectivity index (χ0) is 14.4. The summed E-state index contributed by atoms with van der Waals surface area (Å²) in [5.41, 5.74) is 0.716. The minimum atomic E-state index is 0.0886. The number of amides is 1. The third-order valence-corrected chi connectivity index (χ3v) is 3.62. The molecule has 0 heterocycles. The van der Waals surface area contributed by atoms with E-state index in [-0.39, 0.29) is 5.91 Å². The monoisotopic (exact) mass is 390 g/mol. The van der Waals surface area contributed by atoms with Crippen molar-refractivity contribution in [2.75, 3.05) is 33.7 Å². The maximum atomic E-state index is 12.5. The van der Waals surface area contributed by atoms with Gasteiger partial charge in [0.1, 0.15) is 0 Å². The van der Waals surface area contributed by atoms with Crippen molar-refractivity contribution in [3.05, 3.63) is 32.7 Å². The molecule has 0 aliphatic heterocycles. The van der Waals surface area contributed by atoms with Crippen LogP contribution in [0.3, 0.4) is 0 Å².